The van der Waals surface area contributed by atoms with Gasteiger partial charge in [-0.25, -0.2) is 0 Å². The van der Waals surface area contributed by atoms with E-state index in [1.165, 1.54) is 0 Å². The zero-order valence-electron chi connectivity index (χ0n) is 10.2. The maximum atomic E-state index is 12.1. The Bertz CT molecular complexity index is 367. The molecule has 0 atom stereocenters. The number of Topliss-reactive ketones (excluding diaryl/α,β-unsaturated/α-hetero) is 1. The van der Waals surface area contributed by atoms with E-state index in [9.17, 15) is 4.79 Å². The van der Waals surface area contributed by atoms with Crippen molar-refractivity contribution in [1.82, 2.24) is 0 Å². The number of halogens is 1. The van der Waals surface area contributed by atoms with Gasteiger partial charge in [0.25, 0.3) is 0 Å². The molecule has 16 heavy (non-hydrogen) atoms. The Hall–Kier alpha value is -0.630. The summed E-state index contributed by atoms with van der Waals surface area (Å²) in [5.74, 6) is 0.768. The monoisotopic (exact) mass is 282 g/mol. The molecule has 1 rings (SSSR count). The van der Waals surface area contributed by atoms with E-state index in [0.717, 1.165) is 28.4 Å². The molecule has 0 radical (unpaired) electrons. The van der Waals surface area contributed by atoms with Crippen LogP contribution in [0.4, 0.5) is 0 Å². The van der Waals surface area contributed by atoms with Crippen LogP contribution >= 0.6 is 15.9 Å². The van der Waals surface area contributed by atoms with E-state index in [-0.39, 0.29) is 5.78 Å². The summed E-state index contributed by atoms with van der Waals surface area (Å²) in [5.41, 5.74) is 1.96. The largest absolute Gasteiger partial charge is 0.294 e. The van der Waals surface area contributed by atoms with Crippen molar-refractivity contribution < 1.29 is 4.79 Å². The molecule has 1 nitrogen and oxygen atoms in total. The number of ketones is 1. The van der Waals surface area contributed by atoms with Gasteiger partial charge in [-0.3, -0.25) is 4.79 Å². The first kappa shape index (κ1) is 13.4. The van der Waals surface area contributed by atoms with Crippen LogP contribution in [0.1, 0.15) is 49.0 Å². The van der Waals surface area contributed by atoms with Gasteiger partial charge in [0.05, 0.1) is 0 Å². The minimum absolute atomic E-state index is 0.254. The topological polar surface area (TPSA) is 17.1 Å². The number of carbonyl (C=O) groups is 1. The van der Waals surface area contributed by atoms with Gasteiger partial charge in [0, 0.05) is 16.5 Å². The lowest BCUT2D eigenvalue weighted by atomic mass is 9.93. The molecule has 0 spiro atoms. The van der Waals surface area contributed by atoms with Gasteiger partial charge in [-0.1, -0.05) is 54.2 Å². The number of hydrogen-bond acceptors (Lipinski definition) is 1. The third-order valence-corrected chi connectivity index (χ3v) is 3.74. The van der Waals surface area contributed by atoms with Gasteiger partial charge in [-0.2, -0.15) is 0 Å². The van der Waals surface area contributed by atoms with Crippen LogP contribution < -0.4 is 0 Å². The Morgan fingerprint density at radius 2 is 1.94 bits per heavy atom. The molecular formula is C14H19BrO. The Morgan fingerprint density at radius 3 is 2.50 bits per heavy atom. The minimum atomic E-state index is 0.254. The fourth-order valence-electron chi connectivity index (χ4n) is 1.80. The highest BCUT2D eigenvalue weighted by Crippen LogP contribution is 2.23. The molecular weight excluding hydrogens is 264 g/mol. The van der Waals surface area contributed by atoms with Crippen molar-refractivity contribution >= 4 is 21.7 Å². The maximum Gasteiger partial charge on any atom is 0.164 e. The zero-order chi connectivity index (χ0) is 12.1. The summed E-state index contributed by atoms with van der Waals surface area (Å²) in [6, 6.07) is 5.93. The van der Waals surface area contributed by atoms with Crippen LogP contribution in [0.15, 0.2) is 22.7 Å². The number of carbonyl (C=O) groups excluding carboxylic acids is 1. The van der Waals surface area contributed by atoms with E-state index in [1.54, 1.807) is 0 Å². The van der Waals surface area contributed by atoms with Crippen molar-refractivity contribution in [2.24, 2.45) is 5.92 Å². The van der Waals surface area contributed by atoms with E-state index >= 15 is 0 Å². The van der Waals surface area contributed by atoms with Crippen molar-refractivity contribution in [3.63, 3.8) is 0 Å². The molecule has 1 aromatic carbocycles. The highest BCUT2D eigenvalue weighted by atomic mass is 79.9. The molecule has 0 amide bonds. The molecule has 0 N–H and O–H groups in total. The van der Waals surface area contributed by atoms with E-state index in [0.29, 0.717) is 12.3 Å². The van der Waals surface area contributed by atoms with E-state index in [1.807, 2.05) is 25.1 Å². The Balaban J connectivity index is 2.83. The number of rotatable bonds is 5. The summed E-state index contributed by atoms with van der Waals surface area (Å²) in [6.07, 6.45) is 2.81. The quantitative estimate of drug-likeness (QED) is 0.711. The van der Waals surface area contributed by atoms with E-state index in [4.69, 9.17) is 0 Å². The summed E-state index contributed by atoms with van der Waals surface area (Å²) in [6.45, 7) is 6.31. The third kappa shape index (κ3) is 3.44. The average molecular weight is 283 g/mol. The molecule has 0 aliphatic rings. The number of aryl methyl sites for hydroxylation is 1. The predicted molar refractivity (Wildman–Crippen MR) is 71.9 cm³/mol. The Labute approximate surface area is 106 Å². The Kier molecular flexibility index (Phi) is 5.20. The lowest BCUT2D eigenvalue weighted by molar-refractivity contribution is 0.0958. The first-order valence-corrected chi connectivity index (χ1v) is 6.67. The van der Waals surface area contributed by atoms with Gasteiger partial charge in [0.2, 0.25) is 0 Å². The van der Waals surface area contributed by atoms with Crippen molar-refractivity contribution in [3.05, 3.63) is 33.8 Å². The first-order chi connectivity index (χ1) is 7.58. The van der Waals surface area contributed by atoms with E-state index < -0.39 is 0 Å². The predicted octanol–water partition coefficient (Wildman–Crippen LogP) is 4.77. The molecule has 0 aromatic heterocycles. The molecule has 0 saturated carbocycles. The van der Waals surface area contributed by atoms with Crippen molar-refractivity contribution in [2.75, 3.05) is 0 Å². The van der Waals surface area contributed by atoms with Gasteiger partial charge < -0.3 is 0 Å². The third-order valence-electron chi connectivity index (χ3n) is 3.05. The molecule has 0 saturated heterocycles. The fraction of sp³-hybridized carbons (Fsp3) is 0.500. The van der Waals surface area contributed by atoms with Crippen molar-refractivity contribution in [2.45, 2.75) is 40.0 Å². The average Bonchev–Trinajstić information content (AvgIpc) is 2.28. The molecule has 0 aliphatic heterocycles. The molecule has 2 heteroatoms. The second-order valence-corrected chi connectivity index (χ2v) is 5.15. The molecule has 0 aliphatic carbocycles. The normalized spacial score (nSPS) is 10.8. The first-order valence-electron chi connectivity index (χ1n) is 5.87. The van der Waals surface area contributed by atoms with Gasteiger partial charge >= 0.3 is 0 Å². The lowest BCUT2D eigenvalue weighted by Crippen LogP contribution is -2.08. The fourth-order valence-corrected chi connectivity index (χ4v) is 2.27. The molecule has 0 fully saturated rings. The smallest absolute Gasteiger partial charge is 0.164 e. The lowest BCUT2D eigenvalue weighted by Gasteiger charge is -2.12. The SMILES string of the molecule is CCC(CC)CC(=O)c1cc(C)ccc1Br. The highest BCUT2D eigenvalue weighted by molar-refractivity contribution is 9.10. The number of hydrogen-bond donors (Lipinski definition) is 0. The standard InChI is InChI=1S/C14H19BrO/c1-4-11(5-2)9-14(16)12-8-10(3)6-7-13(12)15/h6-8,11H,4-5,9H2,1-3H3. The molecule has 88 valence electrons. The molecule has 0 heterocycles. The summed E-state index contributed by atoms with van der Waals surface area (Å²) in [5, 5.41) is 0. The van der Waals surface area contributed by atoms with Gasteiger partial charge in [-0.05, 0) is 25.0 Å². The summed E-state index contributed by atoms with van der Waals surface area (Å²) >= 11 is 3.44. The van der Waals surface area contributed by atoms with Crippen LogP contribution in [0, 0.1) is 12.8 Å². The van der Waals surface area contributed by atoms with Gasteiger partial charge in [0.15, 0.2) is 5.78 Å². The number of benzene rings is 1. The zero-order valence-corrected chi connectivity index (χ0v) is 11.8. The minimum Gasteiger partial charge on any atom is -0.294 e. The maximum absolute atomic E-state index is 12.1. The second kappa shape index (κ2) is 6.19. The van der Waals surface area contributed by atoms with Crippen molar-refractivity contribution in [3.8, 4) is 0 Å². The van der Waals surface area contributed by atoms with Crippen LogP contribution in [0.3, 0.4) is 0 Å². The van der Waals surface area contributed by atoms with E-state index in [2.05, 4.69) is 29.8 Å². The van der Waals surface area contributed by atoms with Crippen LogP contribution in [-0.4, -0.2) is 5.78 Å². The second-order valence-electron chi connectivity index (χ2n) is 4.29. The molecule has 0 unspecified atom stereocenters. The van der Waals surface area contributed by atoms with Gasteiger partial charge in [0.1, 0.15) is 0 Å². The van der Waals surface area contributed by atoms with Crippen molar-refractivity contribution in [1.29, 1.82) is 0 Å². The summed E-state index contributed by atoms with van der Waals surface area (Å²) < 4.78 is 0.911. The summed E-state index contributed by atoms with van der Waals surface area (Å²) in [4.78, 5) is 12.1. The highest BCUT2D eigenvalue weighted by Gasteiger charge is 2.14. The molecule has 1 aromatic rings. The summed E-state index contributed by atoms with van der Waals surface area (Å²) in [7, 11) is 0. The van der Waals surface area contributed by atoms with Crippen LogP contribution in [0.25, 0.3) is 0 Å². The van der Waals surface area contributed by atoms with Crippen LogP contribution in [0.5, 0.6) is 0 Å². The Morgan fingerprint density at radius 1 is 1.31 bits per heavy atom. The van der Waals surface area contributed by atoms with Crippen LogP contribution in [0.2, 0.25) is 0 Å². The van der Waals surface area contributed by atoms with Gasteiger partial charge in [-0.15, -0.1) is 0 Å². The van der Waals surface area contributed by atoms with Crippen LogP contribution in [-0.2, 0) is 0 Å². The molecule has 0 bridgehead atoms.